The number of methoxy groups -OCH3 is 1. The van der Waals surface area contributed by atoms with E-state index in [1.54, 1.807) is 19.3 Å². The summed E-state index contributed by atoms with van der Waals surface area (Å²) in [5.74, 6) is -0.472. The standard InChI is InChI=1S/C20H27NO4/c1-4-6-13-18(22)21-17(15-24-3)20(16-11-9-8-10-12-16)25-19(23)14-7-5-2/h4-5,8-12,17,20H,1-2,6-7,13-15H2,3H3,(H,21,22)/t17-,20?/m1/s1. The van der Waals surface area contributed by atoms with Crippen LogP contribution in [-0.4, -0.2) is 31.6 Å². The summed E-state index contributed by atoms with van der Waals surface area (Å²) in [6.07, 6.45) is 4.44. The third kappa shape index (κ3) is 7.81. The first-order chi connectivity index (χ1) is 12.1. The monoisotopic (exact) mass is 345 g/mol. The van der Waals surface area contributed by atoms with Crippen molar-refractivity contribution in [1.29, 1.82) is 0 Å². The van der Waals surface area contributed by atoms with Gasteiger partial charge in [0.15, 0.2) is 0 Å². The summed E-state index contributed by atoms with van der Waals surface area (Å²) in [5, 5.41) is 2.90. The lowest BCUT2D eigenvalue weighted by atomic mass is 10.0. The Bertz CT molecular complexity index is 556. The highest BCUT2D eigenvalue weighted by molar-refractivity contribution is 5.76. The molecular formula is C20H27NO4. The predicted molar refractivity (Wildman–Crippen MR) is 97.9 cm³/mol. The second kappa shape index (κ2) is 12.0. The zero-order chi connectivity index (χ0) is 18.5. The molecule has 0 aliphatic heterocycles. The van der Waals surface area contributed by atoms with Crippen molar-refractivity contribution in [3.8, 4) is 0 Å². The van der Waals surface area contributed by atoms with Gasteiger partial charge < -0.3 is 14.8 Å². The van der Waals surface area contributed by atoms with Gasteiger partial charge in [-0.3, -0.25) is 9.59 Å². The van der Waals surface area contributed by atoms with Gasteiger partial charge in [0.2, 0.25) is 5.91 Å². The Balaban J connectivity index is 2.94. The molecular weight excluding hydrogens is 318 g/mol. The van der Waals surface area contributed by atoms with Crippen LogP contribution in [0.5, 0.6) is 0 Å². The van der Waals surface area contributed by atoms with E-state index < -0.39 is 12.1 Å². The Kier molecular flexibility index (Phi) is 9.94. The molecule has 0 spiro atoms. The lowest BCUT2D eigenvalue weighted by molar-refractivity contribution is -0.152. The minimum Gasteiger partial charge on any atom is -0.455 e. The summed E-state index contributed by atoms with van der Waals surface area (Å²) >= 11 is 0. The topological polar surface area (TPSA) is 64.6 Å². The summed E-state index contributed by atoms with van der Waals surface area (Å²) in [4.78, 5) is 24.2. The number of rotatable bonds is 12. The molecule has 2 atom stereocenters. The number of carbonyl (C=O) groups excluding carboxylic acids is 2. The summed E-state index contributed by atoms with van der Waals surface area (Å²) in [7, 11) is 1.55. The van der Waals surface area contributed by atoms with E-state index in [2.05, 4.69) is 18.5 Å². The van der Waals surface area contributed by atoms with Crippen molar-refractivity contribution < 1.29 is 19.1 Å². The van der Waals surface area contributed by atoms with Gasteiger partial charge in [0, 0.05) is 20.0 Å². The zero-order valence-electron chi connectivity index (χ0n) is 14.8. The number of carbonyl (C=O) groups is 2. The molecule has 1 rings (SSSR count). The molecule has 0 fully saturated rings. The van der Waals surface area contributed by atoms with Gasteiger partial charge in [-0.2, -0.15) is 0 Å². The van der Waals surface area contributed by atoms with Crippen molar-refractivity contribution in [3.05, 3.63) is 61.2 Å². The molecule has 5 heteroatoms. The van der Waals surface area contributed by atoms with Crippen LogP contribution < -0.4 is 5.32 Å². The Morgan fingerprint density at radius 2 is 1.76 bits per heavy atom. The first kappa shape index (κ1) is 20.6. The quantitative estimate of drug-likeness (QED) is 0.466. The number of amides is 1. The maximum atomic E-state index is 12.1. The largest absolute Gasteiger partial charge is 0.455 e. The van der Waals surface area contributed by atoms with E-state index in [9.17, 15) is 9.59 Å². The number of esters is 1. The Hall–Kier alpha value is -2.40. The molecule has 0 aliphatic carbocycles. The molecule has 1 aromatic carbocycles. The summed E-state index contributed by atoms with van der Waals surface area (Å²) in [5.41, 5.74) is 0.806. The molecule has 0 saturated carbocycles. The van der Waals surface area contributed by atoms with Crippen LogP contribution in [0.3, 0.4) is 0 Å². The number of nitrogens with one attached hydrogen (secondary N) is 1. The molecule has 0 aliphatic rings. The van der Waals surface area contributed by atoms with Gasteiger partial charge in [-0.25, -0.2) is 0 Å². The SMILES string of the molecule is C=CCCC(=O)N[C@H](COC)C(OC(=O)CCC=C)c1ccccc1. The van der Waals surface area contributed by atoms with Crippen LogP contribution in [0.2, 0.25) is 0 Å². The van der Waals surface area contributed by atoms with E-state index >= 15 is 0 Å². The van der Waals surface area contributed by atoms with Gasteiger partial charge in [-0.05, 0) is 18.4 Å². The Labute approximate surface area is 149 Å². The highest BCUT2D eigenvalue weighted by Gasteiger charge is 2.28. The number of hydrogen-bond acceptors (Lipinski definition) is 4. The number of ether oxygens (including phenoxy) is 2. The fraction of sp³-hybridized carbons (Fsp3) is 0.400. The van der Waals surface area contributed by atoms with Crippen LogP contribution in [0.1, 0.15) is 37.4 Å². The van der Waals surface area contributed by atoms with Crippen LogP contribution in [-0.2, 0) is 19.1 Å². The first-order valence-corrected chi connectivity index (χ1v) is 8.36. The maximum Gasteiger partial charge on any atom is 0.306 e. The van der Waals surface area contributed by atoms with Crippen LogP contribution in [0.15, 0.2) is 55.6 Å². The molecule has 0 radical (unpaired) electrons. The summed E-state index contributed by atoms with van der Waals surface area (Å²) in [6, 6.07) is 8.87. The van der Waals surface area contributed by atoms with Crippen molar-refractivity contribution in [1.82, 2.24) is 5.32 Å². The molecule has 1 amide bonds. The zero-order valence-corrected chi connectivity index (χ0v) is 14.8. The number of benzene rings is 1. The van der Waals surface area contributed by atoms with Gasteiger partial charge in [-0.15, -0.1) is 13.2 Å². The fourth-order valence-electron chi connectivity index (χ4n) is 2.34. The van der Waals surface area contributed by atoms with E-state index in [1.165, 1.54) is 0 Å². The molecule has 1 aromatic rings. The number of hydrogen-bond donors (Lipinski definition) is 1. The summed E-state index contributed by atoms with van der Waals surface area (Å²) < 4.78 is 10.9. The van der Waals surface area contributed by atoms with Gasteiger partial charge in [-0.1, -0.05) is 42.5 Å². The maximum absolute atomic E-state index is 12.1. The van der Waals surface area contributed by atoms with Gasteiger partial charge in [0.1, 0.15) is 6.10 Å². The fourth-order valence-corrected chi connectivity index (χ4v) is 2.34. The Morgan fingerprint density at radius 3 is 2.36 bits per heavy atom. The first-order valence-electron chi connectivity index (χ1n) is 8.36. The molecule has 5 nitrogen and oxygen atoms in total. The third-order valence-corrected chi connectivity index (χ3v) is 3.57. The van der Waals surface area contributed by atoms with E-state index in [0.717, 1.165) is 5.56 Å². The van der Waals surface area contributed by atoms with E-state index in [0.29, 0.717) is 19.3 Å². The van der Waals surface area contributed by atoms with Gasteiger partial charge in [0.25, 0.3) is 0 Å². The molecule has 0 aromatic heterocycles. The van der Waals surface area contributed by atoms with Crippen LogP contribution in [0.4, 0.5) is 0 Å². The smallest absolute Gasteiger partial charge is 0.306 e. The molecule has 1 unspecified atom stereocenters. The highest BCUT2D eigenvalue weighted by Crippen LogP contribution is 2.23. The van der Waals surface area contributed by atoms with Crippen molar-refractivity contribution >= 4 is 11.9 Å². The minimum atomic E-state index is -0.619. The van der Waals surface area contributed by atoms with Crippen LogP contribution in [0.25, 0.3) is 0 Å². The normalized spacial score (nSPS) is 12.7. The molecule has 136 valence electrons. The van der Waals surface area contributed by atoms with Crippen molar-refractivity contribution in [3.63, 3.8) is 0 Å². The van der Waals surface area contributed by atoms with E-state index in [1.807, 2.05) is 30.3 Å². The van der Waals surface area contributed by atoms with Gasteiger partial charge >= 0.3 is 5.97 Å². The second-order valence-electron chi connectivity index (χ2n) is 5.61. The molecule has 0 bridgehead atoms. The van der Waals surface area contributed by atoms with Gasteiger partial charge in [0.05, 0.1) is 12.6 Å². The van der Waals surface area contributed by atoms with E-state index in [4.69, 9.17) is 9.47 Å². The minimum absolute atomic E-state index is 0.134. The Morgan fingerprint density at radius 1 is 1.12 bits per heavy atom. The van der Waals surface area contributed by atoms with E-state index in [-0.39, 0.29) is 24.9 Å². The highest BCUT2D eigenvalue weighted by atomic mass is 16.5. The third-order valence-electron chi connectivity index (χ3n) is 3.57. The molecule has 0 heterocycles. The van der Waals surface area contributed by atoms with Crippen LogP contribution in [0, 0.1) is 0 Å². The van der Waals surface area contributed by atoms with Crippen molar-refractivity contribution in [2.24, 2.45) is 0 Å². The lowest BCUT2D eigenvalue weighted by Gasteiger charge is -2.28. The van der Waals surface area contributed by atoms with Crippen molar-refractivity contribution in [2.45, 2.75) is 37.8 Å². The second-order valence-corrected chi connectivity index (χ2v) is 5.61. The average Bonchev–Trinajstić information content (AvgIpc) is 2.63. The summed E-state index contributed by atoms with van der Waals surface area (Å²) in [6.45, 7) is 7.46. The molecule has 25 heavy (non-hydrogen) atoms. The molecule has 1 N–H and O–H groups in total. The average molecular weight is 345 g/mol. The molecule has 0 saturated heterocycles. The predicted octanol–water partition coefficient (Wildman–Crippen LogP) is 3.33. The van der Waals surface area contributed by atoms with Crippen LogP contribution >= 0.6 is 0 Å². The lowest BCUT2D eigenvalue weighted by Crippen LogP contribution is -2.43. The van der Waals surface area contributed by atoms with Crippen molar-refractivity contribution in [2.75, 3.05) is 13.7 Å². The number of allylic oxidation sites excluding steroid dienone is 2.